The monoisotopic (exact) mass is 190 g/mol. The molecule has 0 aromatic carbocycles. The highest BCUT2D eigenvalue weighted by Gasteiger charge is 2.37. The normalized spacial score (nSPS) is 16.8. The summed E-state index contributed by atoms with van der Waals surface area (Å²) >= 11 is 6.31. The van der Waals surface area contributed by atoms with Crippen LogP contribution >= 0.6 is 11.6 Å². The first kappa shape index (κ1) is 12.3. The van der Waals surface area contributed by atoms with E-state index >= 15 is 0 Å². The van der Waals surface area contributed by atoms with Gasteiger partial charge in [-0.15, -0.1) is 11.6 Å². The first-order valence-electron chi connectivity index (χ1n) is 4.79. The van der Waals surface area contributed by atoms with Gasteiger partial charge >= 0.3 is 0 Å². The van der Waals surface area contributed by atoms with Gasteiger partial charge in [0.05, 0.1) is 0 Å². The van der Waals surface area contributed by atoms with Gasteiger partial charge in [0.2, 0.25) is 0 Å². The zero-order valence-electron chi connectivity index (χ0n) is 9.53. The minimum atomic E-state index is -0.103. The third-order valence-corrected chi connectivity index (χ3v) is 3.96. The van der Waals surface area contributed by atoms with E-state index in [9.17, 15) is 0 Å². The minimum Gasteiger partial charge on any atom is -0.120 e. The van der Waals surface area contributed by atoms with E-state index in [-0.39, 0.29) is 4.87 Å². The molecule has 0 heterocycles. The Bertz CT molecular complexity index is 140. The van der Waals surface area contributed by atoms with Crippen molar-refractivity contribution in [1.82, 2.24) is 0 Å². The van der Waals surface area contributed by atoms with E-state index in [1.165, 1.54) is 0 Å². The molecular formula is C11H23Cl. The summed E-state index contributed by atoms with van der Waals surface area (Å²) in [5.74, 6) is 1.19. The Balaban J connectivity index is 4.57. The van der Waals surface area contributed by atoms with Gasteiger partial charge in [-0.25, -0.2) is 0 Å². The summed E-state index contributed by atoms with van der Waals surface area (Å²) < 4.78 is 0. The third kappa shape index (κ3) is 2.65. The molecule has 0 aliphatic carbocycles. The molecule has 0 aliphatic heterocycles. The molecule has 12 heavy (non-hydrogen) atoms. The van der Waals surface area contributed by atoms with Crippen LogP contribution in [0.15, 0.2) is 0 Å². The molecule has 1 unspecified atom stereocenters. The van der Waals surface area contributed by atoms with Gasteiger partial charge in [-0.3, -0.25) is 0 Å². The number of hydrogen-bond donors (Lipinski definition) is 0. The van der Waals surface area contributed by atoms with Gasteiger partial charge in [-0.2, -0.15) is 0 Å². The van der Waals surface area contributed by atoms with E-state index in [0.717, 1.165) is 0 Å². The minimum absolute atomic E-state index is 0.103. The van der Waals surface area contributed by atoms with Gasteiger partial charge in [0.1, 0.15) is 0 Å². The van der Waals surface area contributed by atoms with Crippen LogP contribution in [0, 0.1) is 17.3 Å². The van der Waals surface area contributed by atoms with Gasteiger partial charge in [0.25, 0.3) is 0 Å². The number of hydrogen-bond acceptors (Lipinski definition) is 0. The molecule has 0 amide bonds. The van der Waals surface area contributed by atoms with Crippen molar-refractivity contribution in [2.24, 2.45) is 17.3 Å². The molecule has 0 saturated carbocycles. The number of alkyl halides is 1. The van der Waals surface area contributed by atoms with Gasteiger partial charge in [-0.05, 0) is 31.1 Å². The van der Waals surface area contributed by atoms with Crippen molar-refractivity contribution >= 4 is 11.6 Å². The molecule has 0 N–H and O–H groups in total. The van der Waals surface area contributed by atoms with Gasteiger partial charge in [0, 0.05) is 4.87 Å². The van der Waals surface area contributed by atoms with Crippen molar-refractivity contribution in [2.75, 3.05) is 0 Å². The summed E-state index contributed by atoms with van der Waals surface area (Å²) in [6.45, 7) is 15.6. The van der Waals surface area contributed by atoms with Crippen LogP contribution in [0.5, 0.6) is 0 Å². The van der Waals surface area contributed by atoms with E-state index in [0.29, 0.717) is 17.3 Å². The summed E-state index contributed by atoms with van der Waals surface area (Å²) in [4.78, 5) is -0.103. The number of halogens is 1. The summed E-state index contributed by atoms with van der Waals surface area (Å²) in [5.41, 5.74) is 0.311. The van der Waals surface area contributed by atoms with Crippen LogP contribution in [0.4, 0.5) is 0 Å². The van der Waals surface area contributed by atoms with Crippen molar-refractivity contribution in [3.05, 3.63) is 0 Å². The average Bonchev–Trinajstić information content (AvgIpc) is 1.83. The average molecular weight is 191 g/mol. The van der Waals surface area contributed by atoms with Crippen molar-refractivity contribution in [2.45, 2.75) is 53.3 Å². The summed E-state index contributed by atoms with van der Waals surface area (Å²) in [7, 11) is 0. The van der Waals surface area contributed by atoms with Crippen LogP contribution in [0.25, 0.3) is 0 Å². The predicted molar refractivity (Wildman–Crippen MR) is 57.7 cm³/mol. The highest BCUT2D eigenvalue weighted by molar-refractivity contribution is 6.23. The maximum Gasteiger partial charge on any atom is 0.0421 e. The van der Waals surface area contributed by atoms with E-state index in [1.54, 1.807) is 0 Å². The number of rotatable bonds is 3. The molecule has 0 aromatic rings. The Labute approximate surface area is 82.7 Å². The molecule has 0 nitrogen and oxygen atoms in total. The molecule has 1 atom stereocenters. The fraction of sp³-hybridized carbons (Fsp3) is 1.00. The van der Waals surface area contributed by atoms with Crippen molar-refractivity contribution < 1.29 is 0 Å². The maximum atomic E-state index is 6.31. The first-order chi connectivity index (χ1) is 5.10. The van der Waals surface area contributed by atoms with Crippen molar-refractivity contribution in [1.29, 1.82) is 0 Å². The Morgan fingerprint density at radius 2 is 1.25 bits per heavy atom. The smallest absolute Gasteiger partial charge is 0.0421 e. The molecule has 74 valence electrons. The zero-order valence-corrected chi connectivity index (χ0v) is 10.3. The molecule has 0 fully saturated rings. The fourth-order valence-electron chi connectivity index (χ4n) is 1.38. The SMILES string of the molecule is CC(C)C(C)(C)C(C)C(C)(C)Cl. The topological polar surface area (TPSA) is 0 Å². The lowest BCUT2D eigenvalue weighted by Crippen LogP contribution is -2.38. The van der Waals surface area contributed by atoms with Crippen molar-refractivity contribution in [3.8, 4) is 0 Å². The summed E-state index contributed by atoms with van der Waals surface area (Å²) in [5, 5.41) is 0. The lowest BCUT2D eigenvalue weighted by atomic mass is 9.67. The van der Waals surface area contributed by atoms with Crippen LogP contribution in [-0.4, -0.2) is 4.87 Å². The molecule has 0 aromatic heterocycles. The van der Waals surface area contributed by atoms with E-state index in [2.05, 4.69) is 48.5 Å². The Morgan fingerprint density at radius 1 is 0.917 bits per heavy atom. The summed E-state index contributed by atoms with van der Waals surface area (Å²) in [6, 6.07) is 0. The van der Waals surface area contributed by atoms with Gasteiger partial charge in [-0.1, -0.05) is 34.6 Å². The highest BCUT2D eigenvalue weighted by atomic mass is 35.5. The molecule has 0 spiro atoms. The second-order valence-electron chi connectivity index (χ2n) is 5.26. The Morgan fingerprint density at radius 3 is 1.33 bits per heavy atom. The molecular weight excluding hydrogens is 168 g/mol. The zero-order chi connectivity index (χ0) is 10.2. The third-order valence-electron chi connectivity index (χ3n) is 3.63. The molecule has 1 heteroatoms. The maximum absolute atomic E-state index is 6.31. The fourth-order valence-corrected chi connectivity index (χ4v) is 1.67. The van der Waals surface area contributed by atoms with E-state index in [4.69, 9.17) is 11.6 Å². The first-order valence-corrected chi connectivity index (χ1v) is 5.17. The quantitative estimate of drug-likeness (QED) is 0.582. The largest absolute Gasteiger partial charge is 0.120 e. The molecule has 0 aliphatic rings. The van der Waals surface area contributed by atoms with E-state index < -0.39 is 0 Å². The molecule has 0 radical (unpaired) electrons. The predicted octanol–water partition coefficient (Wildman–Crippen LogP) is 4.32. The van der Waals surface area contributed by atoms with Crippen LogP contribution in [0.2, 0.25) is 0 Å². The Hall–Kier alpha value is 0.290. The van der Waals surface area contributed by atoms with Gasteiger partial charge < -0.3 is 0 Å². The summed E-state index contributed by atoms with van der Waals surface area (Å²) in [6.07, 6.45) is 0. The van der Waals surface area contributed by atoms with Gasteiger partial charge in [0.15, 0.2) is 0 Å². The van der Waals surface area contributed by atoms with Crippen LogP contribution < -0.4 is 0 Å². The van der Waals surface area contributed by atoms with Crippen LogP contribution in [0.3, 0.4) is 0 Å². The second-order valence-corrected chi connectivity index (χ2v) is 6.24. The van der Waals surface area contributed by atoms with Crippen molar-refractivity contribution in [3.63, 3.8) is 0 Å². The van der Waals surface area contributed by atoms with Crippen LogP contribution in [0.1, 0.15) is 48.5 Å². The Kier molecular flexibility index (Phi) is 3.66. The standard InChI is InChI=1S/C11H23Cl/c1-8(2)10(4,5)9(3)11(6,7)12/h8-9H,1-7H3. The molecule has 0 rings (SSSR count). The highest BCUT2D eigenvalue weighted by Crippen LogP contribution is 2.43. The lowest BCUT2D eigenvalue weighted by Gasteiger charge is -2.42. The van der Waals surface area contributed by atoms with E-state index in [1.807, 2.05) is 0 Å². The van der Waals surface area contributed by atoms with Crippen LogP contribution in [-0.2, 0) is 0 Å². The lowest BCUT2D eigenvalue weighted by molar-refractivity contribution is 0.123. The second kappa shape index (κ2) is 3.57. The molecule has 0 saturated heterocycles. The molecule has 0 bridgehead atoms.